The first kappa shape index (κ1) is 36.5. The van der Waals surface area contributed by atoms with Gasteiger partial charge in [0.25, 0.3) is 0 Å². The Labute approximate surface area is 206 Å². The van der Waals surface area contributed by atoms with Gasteiger partial charge in [0.05, 0.1) is 0 Å². The normalized spacial score (nSPS) is 12.2. The van der Waals surface area contributed by atoms with E-state index in [1.807, 2.05) is 13.8 Å². The molecule has 0 radical (unpaired) electrons. The van der Waals surface area contributed by atoms with E-state index in [1.54, 1.807) is 0 Å². The van der Waals surface area contributed by atoms with Gasteiger partial charge in [0.2, 0.25) is 11.8 Å². The van der Waals surface area contributed by atoms with Crippen LogP contribution in [0.4, 0.5) is 0 Å². The van der Waals surface area contributed by atoms with Crippen molar-refractivity contribution in [3.05, 3.63) is 12.7 Å². The van der Waals surface area contributed by atoms with Crippen LogP contribution in [0.3, 0.4) is 0 Å². The molecule has 0 fully saturated rings. The Bertz CT molecular complexity index is 444. The molecule has 0 aliphatic heterocycles. The molecule has 172 valence electrons. The Kier molecular flexibility index (Phi) is 31.8. The smallest absolute Gasteiger partial charge is 0.550 e. The fourth-order valence-electron chi connectivity index (χ4n) is 1.39. The molecular weight excluding hydrogens is 393 g/mol. The van der Waals surface area contributed by atoms with Crippen LogP contribution in [0.1, 0.15) is 73.6 Å². The number of aliphatic carboxylic acids is 1. The quantitative estimate of drug-likeness (QED) is 0.267. The molecule has 0 rings (SSSR count). The number of amides is 2. The minimum absolute atomic E-state index is 0. The summed E-state index contributed by atoms with van der Waals surface area (Å²) in [6.45, 7) is 18.1. The monoisotopic (exact) mass is 437 g/mol. The fraction of sp³-hybridized carbons (Fsp3) is 0.773. The topological polar surface area (TPSA) is 124 Å². The largest absolute Gasteiger partial charge is 1.00 e. The molecule has 0 heterocycles. The second kappa shape index (κ2) is 26.1. The molecule has 0 aromatic rings. The van der Waals surface area contributed by atoms with Crippen molar-refractivity contribution in [2.24, 2.45) is 23.5 Å². The minimum atomic E-state index is -1.18. The van der Waals surface area contributed by atoms with Gasteiger partial charge in [0.15, 0.2) is 0 Å². The summed E-state index contributed by atoms with van der Waals surface area (Å²) in [5.74, 6) is 0.226. The van der Waals surface area contributed by atoms with E-state index in [9.17, 15) is 19.5 Å². The first-order chi connectivity index (χ1) is 13.6. The molecule has 3 unspecified atom stereocenters. The zero-order valence-electron chi connectivity index (χ0n) is 20.4. The molecule has 0 spiro atoms. The van der Waals surface area contributed by atoms with Gasteiger partial charge >= 0.3 is 29.6 Å². The summed E-state index contributed by atoms with van der Waals surface area (Å²) in [4.78, 5) is 31.6. The second-order valence-electron chi connectivity index (χ2n) is 7.40. The van der Waals surface area contributed by atoms with Crippen LogP contribution < -0.4 is 51.0 Å². The van der Waals surface area contributed by atoms with E-state index in [4.69, 9.17) is 5.73 Å². The SMILES string of the molecule is C=CC(=O)NCC(C)CC.CCC(C)CN.CCC(C)CNC(=O)CCC(=O)[O-].[Na+]. The summed E-state index contributed by atoms with van der Waals surface area (Å²) in [6, 6.07) is 0. The molecular formula is C22H44N3NaO4. The van der Waals surface area contributed by atoms with Crippen LogP contribution in [-0.2, 0) is 14.4 Å². The Morgan fingerprint density at radius 1 is 0.900 bits per heavy atom. The predicted molar refractivity (Wildman–Crippen MR) is 118 cm³/mol. The third kappa shape index (κ3) is 31.8. The third-order valence-corrected chi connectivity index (χ3v) is 4.51. The van der Waals surface area contributed by atoms with Gasteiger partial charge in [-0.1, -0.05) is 67.4 Å². The van der Waals surface area contributed by atoms with Crippen molar-refractivity contribution in [2.45, 2.75) is 73.6 Å². The Hall–Kier alpha value is -0.890. The number of carboxylic acids is 1. The Balaban J connectivity index is -0.000000177. The number of hydrogen-bond acceptors (Lipinski definition) is 5. The van der Waals surface area contributed by atoms with Crippen molar-refractivity contribution in [1.29, 1.82) is 0 Å². The van der Waals surface area contributed by atoms with E-state index in [0.29, 0.717) is 24.3 Å². The van der Waals surface area contributed by atoms with Gasteiger partial charge in [-0.3, -0.25) is 9.59 Å². The Morgan fingerprint density at radius 3 is 1.63 bits per heavy atom. The van der Waals surface area contributed by atoms with E-state index in [1.165, 1.54) is 12.5 Å². The van der Waals surface area contributed by atoms with Crippen LogP contribution in [-0.4, -0.2) is 37.4 Å². The van der Waals surface area contributed by atoms with Crippen LogP contribution in [0.2, 0.25) is 0 Å². The van der Waals surface area contributed by atoms with Gasteiger partial charge in [-0.05, 0) is 36.8 Å². The molecule has 8 heteroatoms. The first-order valence-electron chi connectivity index (χ1n) is 10.6. The maximum absolute atomic E-state index is 11.0. The standard InChI is InChI=1S/C9H17NO3.C8H15NO.C5H13N.Na/c1-3-7(2)6-10-8(11)4-5-9(12)13;1-4-7(3)6-9-8(10)5-2;1-3-5(2)4-6;/h7H,3-6H2,1-2H3,(H,10,11)(H,12,13);5,7H,2,4,6H2,1,3H3,(H,9,10);5H,3-4,6H2,1-2H3;/q;;;+1/p-1. The summed E-state index contributed by atoms with van der Waals surface area (Å²) in [7, 11) is 0. The van der Waals surface area contributed by atoms with E-state index in [-0.39, 0.29) is 54.2 Å². The molecule has 0 saturated heterocycles. The van der Waals surface area contributed by atoms with E-state index >= 15 is 0 Å². The average molecular weight is 438 g/mol. The summed E-state index contributed by atoms with van der Waals surface area (Å²) in [5, 5.41) is 15.4. The number of nitrogens with two attached hydrogens (primary N) is 1. The molecule has 0 aliphatic carbocycles. The van der Waals surface area contributed by atoms with Crippen molar-refractivity contribution in [1.82, 2.24) is 10.6 Å². The van der Waals surface area contributed by atoms with Gasteiger partial charge in [0, 0.05) is 25.5 Å². The molecule has 3 atom stereocenters. The number of nitrogens with one attached hydrogen (secondary N) is 2. The summed E-state index contributed by atoms with van der Waals surface area (Å²) >= 11 is 0. The van der Waals surface area contributed by atoms with Crippen LogP contribution in [0.25, 0.3) is 0 Å². The number of carbonyl (C=O) groups excluding carboxylic acids is 3. The number of rotatable bonds is 12. The summed E-state index contributed by atoms with van der Waals surface area (Å²) in [5.41, 5.74) is 5.28. The van der Waals surface area contributed by atoms with Gasteiger partial charge in [-0.25, -0.2) is 0 Å². The maximum atomic E-state index is 11.0. The molecule has 0 aromatic carbocycles. The molecule has 0 aliphatic rings. The predicted octanol–water partition coefficient (Wildman–Crippen LogP) is -0.991. The average Bonchev–Trinajstić information content (AvgIpc) is 2.73. The van der Waals surface area contributed by atoms with Gasteiger partial charge in [0.1, 0.15) is 0 Å². The van der Waals surface area contributed by atoms with E-state index < -0.39 is 5.97 Å². The number of hydrogen-bond donors (Lipinski definition) is 3. The van der Waals surface area contributed by atoms with Crippen LogP contribution in [0, 0.1) is 17.8 Å². The zero-order valence-corrected chi connectivity index (χ0v) is 22.4. The van der Waals surface area contributed by atoms with Gasteiger partial charge < -0.3 is 26.3 Å². The third-order valence-electron chi connectivity index (χ3n) is 4.51. The molecule has 4 N–H and O–H groups in total. The fourth-order valence-corrected chi connectivity index (χ4v) is 1.39. The van der Waals surface area contributed by atoms with Crippen molar-refractivity contribution in [3.63, 3.8) is 0 Å². The van der Waals surface area contributed by atoms with Crippen molar-refractivity contribution < 1.29 is 49.0 Å². The molecule has 0 aromatic heterocycles. The summed E-state index contributed by atoms with van der Waals surface area (Å²) < 4.78 is 0. The Morgan fingerprint density at radius 2 is 1.33 bits per heavy atom. The van der Waals surface area contributed by atoms with Crippen molar-refractivity contribution in [3.8, 4) is 0 Å². The molecule has 7 nitrogen and oxygen atoms in total. The van der Waals surface area contributed by atoms with E-state index in [0.717, 1.165) is 25.9 Å². The van der Waals surface area contributed by atoms with Crippen LogP contribution >= 0.6 is 0 Å². The maximum Gasteiger partial charge on any atom is 1.00 e. The molecule has 0 bridgehead atoms. The second-order valence-corrected chi connectivity index (χ2v) is 7.40. The molecule has 2 amide bonds. The molecule has 30 heavy (non-hydrogen) atoms. The van der Waals surface area contributed by atoms with Crippen LogP contribution in [0.15, 0.2) is 12.7 Å². The first-order valence-corrected chi connectivity index (χ1v) is 10.6. The zero-order chi connectivity index (χ0) is 23.2. The van der Waals surface area contributed by atoms with E-state index in [2.05, 4.69) is 44.9 Å². The van der Waals surface area contributed by atoms with Crippen LogP contribution in [0.5, 0.6) is 0 Å². The molecule has 0 saturated carbocycles. The van der Waals surface area contributed by atoms with Gasteiger partial charge in [-0.15, -0.1) is 0 Å². The number of carboxylic acid groups (broad SMARTS) is 1. The van der Waals surface area contributed by atoms with Gasteiger partial charge in [-0.2, -0.15) is 0 Å². The number of carbonyl (C=O) groups is 3. The summed E-state index contributed by atoms with van der Waals surface area (Å²) in [6.07, 6.45) is 4.40. The minimum Gasteiger partial charge on any atom is -0.550 e. The van der Waals surface area contributed by atoms with Crippen molar-refractivity contribution in [2.75, 3.05) is 19.6 Å². The van der Waals surface area contributed by atoms with Crippen molar-refractivity contribution >= 4 is 17.8 Å².